The van der Waals surface area contributed by atoms with Crippen molar-refractivity contribution in [2.45, 2.75) is 25.5 Å². The third-order valence-corrected chi connectivity index (χ3v) is 2.53. The fourth-order valence-corrected chi connectivity index (χ4v) is 1.76. The molecule has 1 saturated heterocycles. The summed E-state index contributed by atoms with van der Waals surface area (Å²) in [5.41, 5.74) is 0. The molecule has 0 atom stereocenters. The molecule has 0 aromatic carbocycles. The van der Waals surface area contributed by atoms with Gasteiger partial charge in [0.05, 0.1) is 0 Å². The number of halogens is 1. The van der Waals surface area contributed by atoms with Gasteiger partial charge in [0, 0.05) is 0 Å². The summed E-state index contributed by atoms with van der Waals surface area (Å²) in [4.78, 5) is 0. The summed E-state index contributed by atoms with van der Waals surface area (Å²) < 4.78 is 1.02. The van der Waals surface area contributed by atoms with E-state index in [0.717, 1.165) is 4.57 Å². The van der Waals surface area contributed by atoms with E-state index in [4.69, 9.17) is 0 Å². The topological polar surface area (TPSA) is 0 Å². The maximum absolute atomic E-state index is 2.53. The van der Waals surface area contributed by atoms with Crippen LogP contribution >= 0.6 is 22.4 Å². The second kappa shape index (κ2) is 2.19. The van der Waals surface area contributed by atoms with E-state index in [0.29, 0.717) is 0 Å². The van der Waals surface area contributed by atoms with Gasteiger partial charge in [-0.1, -0.05) is 25.5 Å². The van der Waals surface area contributed by atoms with Gasteiger partial charge in [0.1, 0.15) is 0 Å². The first kappa shape index (κ1) is 4.94. The first-order valence-corrected chi connectivity index (χ1v) is 3.78. The van der Waals surface area contributed by atoms with Crippen molar-refractivity contribution in [3.8, 4) is 0 Å². The Labute approximate surface area is 52.6 Å². The number of hydrogen-bond donors (Lipinski definition) is 0. The summed E-state index contributed by atoms with van der Waals surface area (Å²) in [7, 11) is 0. The lowest BCUT2D eigenvalue weighted by molar-refractivity contribution is 0.935. The quantitative estimate of drug-likeness (QED) is 0.409. The number of rotatable bonds is 0. The van der Waals surface area contributed by atoms with Crippen LogP contribution in [-0.4, -0.2) is 4.57 Å². The molecule has 0 unspecified atom stereocenters. The second-order valence-corrected chi connectivity index (χ2v) is 3.64. The summed E-state index contributed by atoms with van der Waals surface area (Å²) >= 11 is 2.53. The van der Waals surface area contributed by atoms with Crippen molar-refractivity contribution in [1.29, 1.82) is 0 Å². The Morgan fingerprint density at radius 1 is 1.17 bits per heavy atom. The van der Waals surface area contributed by atoms with Gasteiger partial charge in [-0.15, -0.1) is 22.4 Å². The minimum absolute atomic E-state index is 1.02. The van der Waals surface area contributed by atoms with Crippen LogP contribution < -0.4 is 0 Å². The van der Waals surface area contributed by atoms with E-state index in [1.54, 1.807) is 0 Å². The van der Waals surface area contributed by atoms with E-state index < -0.39 is 0 Å². The molecule has 34 valence electrons. The first-order valence-electron chi connectivity index (χ1n) is 2.53. The van der Waals surface area contributed by atoms with Gasteiger partial charge in [0.2, 0.25) is 4.57 Å². The first-order chi connectivity index (χ1) is 2.89. The van der Waals surface area contributed by atoms with Crippen LogP contribution in [0.2, 0.25) is 12.6 Å². The molecule has 0 aromatic heterocycles. The molecule has 0 amide bonds. The van der Waals surface area contributed by atoms with Crippen LogP contribution in [0.4, 0.5) is 0 Å². The standard InChI is InChI=1S/C4H8BI/c6-5-3-1-2-4-5/h1-4H2. The maximum Gasteiger partial charge on any atom is 0.217 e. The summed E-state index contributed by atoms with van der Waals surface area (Å²) in [6, 6.07) is 0. The van der Waals surface area contributed by atoms with Gasteiger partial charge in [-0.2, -0.15) is 0 Å². The molecule has 1 aliphatic rings. The average Bonchev–Trinajstić information content (AvgIpc) is 1.86. The smallest absolute Gasteiger partial charge is 0.150 e. The molecule has 0 spiro atoms. The van der Waals surface area contributed by atoms with Gasteiger partial charge in [0.15, 0.2) is 0 Å². The zero-order valence-electron chi connectivity index (χ0n) is 3.78. The van der Waals surface area contributed by atoms with Gasteiger partial charge < -0.3 is 0 Å². The summed E-state index contributed by atoms with van der Waals surface area (Å²) in [6.45, 7) is 0. The van der Waals surface area contributed by atoms with E-state index in [1.165, 1.54) is 25.5 Å². The summed E-state index contributed by atoms with van der Waals surface area (Å²) in [5, 5.41) is 0. The predicted octanol–water partition coefficient (Wildman–Crippen LogP) is 2.21. The fraction of sp³-hybridized carbons (Fsp3) is 1.00. The van der Waals surface area contributed by atoms with Gasteiger partial charge in [0.25, 0.3) is 0 Å². The van der Waals surface area contributed by atoms with Crippen molar-refractivity contribution in [3.63, 3.8) is 0 Å². The zero-order valence-corrected chi connectivity index (χ0v) is 5.94. The molecule has 0 aromatic rings. The van der Waals surface area contributed by atoms with Crippen LogP contribution in [0.15, 0.2) is 0 Å². The molecule has 1 fully saturated rings. The molecule has 0 nitrogen and oxygen atoms in total. The lowest BCUT2D eigenvalue weighted by Gasteiger charge is -1.82. The lowest BCUT2D eigenvalue weighted by Crippen LogP contribution is -1.88. The molecule has 2 heteroatoms. The van der Waals surface area contributed by atoms with Crippen LogP contribution in [0.1, 0.15) is 12.8 Å². The Morgan fingerprint density at radius 2 is 1.67 bits per heavy atom. The van der Waals surface area contributed by atoms with Crippen LogP contribution in [0.3, 0.4) is 0 Å². The highest BCUT2D eigenvalue weighted by molar-refractivity contribution is 14.1. The molecule has 1 heterocycles. The van der Waals surface area contributed by atoms with Gasteiger partial charge in [-0.05, 0) is 0 Å². The molecule has 0 bridgehead atoms. The minimum atomic E-state index is 1.02. The Kier molecular flexibility index (Phi) is 1.81. The maximum atomic E-state index is 2.53. The van der Waals surface area contributed by atoms with Crippen LogP contribution in [0.5, 0.6) is 0 Å². The Bertz CT molecular complexity index is 40.8. The SMILES string of the molecule is IB1CCCC1. The highest BCUT2D eigenvalue weighted by Crippen LogP contribution is 2.22. The second-order valence-electron chi connectivity index (χ2n) is 1.88. The molecule has 1 rings (SSSR count). The lowest BCUT2D eigenvalue weighted by atomic mass is 9.77. The van der Waals surface area contributed by atoms with Crippen molar-refractivity contribution >= 4 is 26.9 Å². The Hall–Kier alpha value is 0.795. The monoisotopic (exact) mass is 194 g/mol. The third kappa shape index (κ3) is 1.14. The molecular formula is C4H8BI. The molecule has 6 heavy (non-hydrogen) atoms. The van der Waals surface area contributed by atoms with Gasteiger partial charge in [-0.25, -0.2) is 0 Å². The van der Waals surface area contributed by atoms with E-state index in [9.17, 15) is 0 Å². The van der Waals surface area contributed by atoms with Crippen molar-refractivity contribution in [1.82, 2.24) is 0 Å². The molecule has 0 radical (unpaired) electrons. The van der Waals surface area contributed by atoms with E-state index >= 15 is 0 Å². The van der Waals surface area contributed by atoms with E-state index in [2.05, 4.69) is 22.4 Å². The van der Waals surface area contributed by atoms with Crippen molar-refractivity contribution in [3.05, 3.63) is 0 Å². The van der Waals surface area contributed by atoms with Crippen molar-refractivity contribution in [2.75, 3.05) is 0 Å². The normalized spacial score (nSPS) is 22.5. The molecule has 0 saturated carbocycles. The van der Waals surface area contributed by atoms with Crippen LogP contribution in [0, 0.1) is 0 Å². The summed E-state index contributed by atoms with van der Waals surface area (Å²) in [5.74, 6) is 0. The molecule has 0 aliphatic carbocycles. The van der Waals surface area contributed by atoms with Gasteiger partial charge in [-0.3, -0.25) is 0 Å². The average molecular weight is 194 g/mol. The third-order valence-electron chi connectivity index (χ3n) is 1.28. The highest BCUT2D eigenvalue weighted by Gasteiger charge is 2.13. The minimum Gasteiger partial charge on any atom is -0.150 e. The Morgan fingerprint density at radius 3 is 1.83 bits per heavy atom. The molecule has 1 aliphatic heterocycles. The van der Waals surface area contributed by atoms with Crippen molar-refractivity contribution in [2.24, 2.45) is 0 Å². The summed E-state index contributed by atoms with van der Waals surface area (Å²) in [6.07, 6.45) is 5.91. The fourth-order valence-electron chi connectivity index (χ4n) is 0.876. The Balaban J connectivity index is 2.18. The van der Waals surface area contributed by atoms with Crippen molar-refractivity contribution < 1.29 is 0 Å². The van der Waals surface area contributed by atoms with Crippen LogP contribution in [-0.2, 0) is 0 Å². The predicted molar refractivity (Wildman–Crippen MR) is 38.6 cm³/mol. The molecular weight excluding hydrogens is 186 g/mol. The number of hydrogen-bond acceptors (Lipinski definition) is 0. The zero-order chi connectivity index (χ0) is 4.41. The van der Waals surface area contributed by atoms with Crippen LogP contribution in [0.25, 0.3) is 0 Å². The van der Waals surface area contributed by atoms with E-state index in [-0.39, 0.29) is 0 Å². The molecule has 0 N–H and O–H groups in total. The highest BCUT2D eigenvalue weighted by atomic mass is 127. The van der Waals surface area contributed by atoms with Gasteiger partial charge >= 0.3 is 0 Å². The largest absolute Gasteiger partial charge is 0.217 e. The van der Waals surface area contributed by atoms with E-state index in [1.807, 2.05) is 0 Å².